The first kappa shape index (κ1) is 18.9. The van der Waals surface area contributed by atoms with Gasteiger partial charge in [0.25, 0.3) is 0 Å². The van der Waals surface area contributed by atoms with Crippen LogP contribution >= 0.6 is 22.9 Å². The minimum absolute atomic E-state index is 0.142. The van der Waals surface area contributed by atoms with Crippen molar-refractivity contribution in [1.82, 2.24) is 4.98 Å². The fourth-order valence-electron chi connectivity index (χ4n) is 3.41. The molecule has 1 aliphatic rings. The number of para-hydroxylation sites is 2. The van der Waals surface area contributed by atoms with E-state index in [0.29, 0.717) is 29.7 Å². The third-order valence-electron chi connectivity index (χ3n) is 4.75. The van der Waals surface area contributed by atoms with Crippen molar-refractivity contribution in [2.45, 2.75) is 6.42 Å². The molecule has 150 valence electrons. The summed E-state index contributed by atoms with van der Waals surface area (Å²) in [6, 6.07) is 19.2. The van der Waals surface area contributed by atoms with Crippen LogP contribution in [0.5, 0.6) is 11.5 Å². The van der Waals surface area contributed by atoms with E-state index in [1.165, 1.54) is 0 Å². The van der Waals surface area contributed by atoms with Crippen LogP contribution in [0.4, 0.5) is 5.69 Å². The Morgan fingerprint density at radius 2 is 1.87 bits per heavy atom. The molecule has 5 rings (SSSR count). The van der Waals surface area contributed by atoms with E-state index in [1.807, 2.05) is 48.5 Å². The van der Waals surface area contributed by atoms with Gasteiger partial charge in [0.1, 0.15) is 18.2 Å². The minimum Gasteiger partial charge on any atom is -0.486 e. The average Bonchev–Trinajstić information content (AvgIpc) is 3.18. The van der Waals surface area contributed by atoms with Crippen molar-refractivity contribution in [3.63, 3.8) is 0 Å². The molecule has 7 heteroatoms. The van der Waals surface area contributed by atoms with Crippen molar-refractivity contribution < 1.29 is 14.3 Å². The summed E-state index contributed by atoms with van der Waals surface area (Å²) in [7, 11) is 0. The molecular weight excluding hydrogens is 420 g/mol. The van der Waals surface area contributed by atoms with Gasteiger partial charge in [0.05, 0.1) is 27.3 Å². The normalized spacial score (nSPS) is 12.7. The lowest BCUT2D eigenvalue weighted by molar-refractivity contribution is -0.115. The Bertz CT molecular complexity index is 1220. The molecule has 0 unspecified atom stereocenters. The van der Waals surface area contributed by atoms with Crippen molar-refractivity contribution in [2.24, 2.45) is 0 Å². The molecule has 3 aromatic carbocycles. The van der Waals surface area contributed by atoms with Crippen LogP contribution in [0.25, 0.3) is 20.8 Å². The van der Waals surface area contributed by atoms with E-state index in [2.05, 4.69) is 5.32 Å². The molecular formula is C23H17ClN2O3S. The van der Waals surface area contributed by atoms with Gasteiger partial charge in [-0.3, -0.25) is 4.79 Å². The van der Waals surface area contributed by atoms with Gasteiger partial charge in [-0.05, 0) is 42.0 Å². The number of halogens is 1. The summed E-state index contributed by atoms with van der Waals surface area (Å²) in [4.78, 5) is 17.5. The summed E-state index contributed by atoms with van der Waals surface area (Å²) < 4.78 is 12.2. The largest absolute Gasteiger partial charge is 0.486 e. The second-order valence-corrected chi connectivity index (χ2v) is 8.30. The predicted molar refractivity (Wildman–Crippen MR) is 120 cm³/mol. The zero-order chi connectivity index (χ0) is 20.5. The zero-order valence-corrected chi connectivity index (χ0v) is 17.4. The number of hydrogen-bond acceptors (Lipinski definition) is 5. The van der Waals surface area contributed by atoms with Crippen LogP contribution in [0, 0.1) is 0 Å². The molecule has 30 heavy (non-hydrogen) atoms. The second-order valence-electron chi connectivity index (χ2n) is 6.86. The van der Waals surface area contributed by atoms with E-state index in [4.69, 9.17) is 26.1 Å². The average molecular weight is 437 g/mol. The van der Waals surface area contributed by atoms with Gasteiger partial charge in [-0.2, -0.15) is 0 Å². The lowest BCUT2D eigenvalue weighted by Gasteiger charge is -2.20. The zero-order valence-electron chi connectivity index (χ0n) is 15.9. The van der Waals surface area contributed by atoms with Crippen LogP contribution in [0.15, 0.2) is 60.7 Å². The molecule has 0 radical (unpaired) electrons. The first-order chi connectivity index (χ1) is 14.7. The molecule has 0 bridgehead atoms. The molecule has 0 saturated carbocycles. The number of benzene rings is 3. The fourth-order valence-corrected chi connectivity index (χ4v) is 4.71. The topological polar surface area (TPSA) is 60.5 Å². The number of carbonyl (C=O) groups excluding carboxylic acids is 1. The highest BCUT2D eigenvalue weighted by Crippen LogP contribution is 2.39. The molecule has 0 atom stereocenters. The van der Waals surface area contributed by atoms with Crippen LogP contribution in [0.3, 0.4) is 0 Å². The van der Waals surface area contributed by atoms with Gasteiger partial charge in [0, 0.05) is 5.56 Å². The van der Waals surface area contributed by atoms with E-state index in [1.54, 1.807) is 23.5 Å². The number of aromatic nitrogens is 1. The molecule has 0 fully saturated rings. The Hall–Kier alpha value is -3.09. The third-order valence-corrected chi connectivity index (χ3v) is 6.10. The molecule has 5 nitrogen and oxygen atoms in total. The Labute approximate surface area is 182 Å². The van der Waals surface area contributed by atoms with Crippen molar-refractivity contribution in [3.05, 3.63) is 71.2 Å². The highest BCUT2D eigenvalue weighted by Gasteiger charge is 2.18. The van der Waals surface area contributed by atoms with Gasteiger partial charge >= 0.3 is 0 Å². The Morgan fingerprint density at radius 1 is 1.07 bits per heavy atom. The Kier molecular flexibility index (Phi) is 5.02. The summed E-state index contributed by atoms with van der Waals surface area (Å²) >= 11 is 7.89. The van der Waals surface area contributed by atoms with Crippen LogP contribution in [0.2, 0.25) is 5.02 Å². The lowest BCUT2D eigenvalue weighted by Crippen LogP contribution is -2.17. The first-order valence-electron chi connectivity index (χ1n) is 9.50. The second kappa shape index (κ2) is 7.97. The van der Waals surface area contributed by atoms with Crippen molar-refractivity contribution in [2.75, 3.05) is 18.5 Å². The maximum atomic E-state index is 12.8. The van der Waals surface area contributed by atoms with E-state index >= 15 is 0 Å². The standard InChI is InChI=1S/C23H17ClN2O3S/c24-16-11-14(12-19-22(16)29-10-9-28-19)13-21(27)25-17-6-2-1-5-15(17)23-26-18-7-3-4-8-20(18)30-23/h1-8,11-12H,9-10,13H2,(H,25,27). The number of nitrogens with one attached hydrogen (secondary N) is 1. The molecule has 0 saturated heterocycles. The monoisotopic (exact) mass is 436 g/mol. The maximum Gasteiger partial charge on any atom is 0.228 e. The van der Waals surface area contributed by atoms with Crippen LogP contribution in [0.1, 0.15) is 5.56 Å². The van der Waals surface area contributed by atoms with Crippen LogP contribution in [-0.4, -0.2) is 24.1 Å². The van der Waals surface area contributed by atoms with Gasteiger partial charge in [-0.25, -0.2) is 4.98 Å². The highest BCUT2D eigenvalue weighted by molar-refractivity contribution is 7.21. The summed E-state index contributed by atoms with van der Waals surface area (Å²) in [6.45, 7) is 0.934. The van der Waals surface area contributed by atoms with Gasteiger partial charge in [0.15, 0.2) is 11.5 Å². The van der Waals surface area contributed by atoms with Gasteiger partial charge < -0.3 is 14.8 Å². The molecule has 0 aliphatic carbocycles. The summed E-state index contributed by atoms with van der Waals surface area (Å²) in [5.74, 6) is 0.969. The molecule has 4 aromatic rings. The number of rotatable bonds is 4. The van der Waals surface area contributed by atoms with Gasteiger partial charge in [-0.1, -0.05) is 35.9 Å². The van der Waals surface area contributed by atoms with E-state index in [9.17, 15) is 4.79 Å². The highest BCUT2D eigenvalue weighted by atomic mass is 35.5. The number of carbonyl (C=O) groups is 1. The van der Waals surface area contributed by atoms with E-state index < -0.39 is 0 Å². The maximum absolute atomic E-state index is 12.8. The molecule has 1 amide bonds. The Morgan fingerprint density at radius 3 is 2.77 bits per heavy atom. The van der Waals surface area contributed by atoms with Gasteiger partial charge in [0.2, 0.25) is 5.91 Å². The summed E-state index contributed by atoms with van der Waals surface area (Å²) in [5.41, 5.74) is 3.33. The number of anilines is 1. The van der Waals surface area contributed by atoms with Crippen LogP contribution < -0.4 is 14.8 Å². The molecule has 1 N–H and O–H groups in total. The SMILES string of the molecule is O=C(Cc1cc(Cl)c2c(c1)OCCO2)Nc1ccccc1-c1nc2ccccc2s1. The predicted octanol–water partition coefficient (Wildman–Crippen LogP) is 5.57. The first-order valence-corrected chi connectivity index (χ1v) is 10.7. The molecule has 2 heterocycles. The van der Waals surface area contributed by atoms with Crippen molar-refractivity contribution >= 4 is 44.7 Å². The summed E-state index contributed by atoms with van der Waals surface area (Å²) in [5, 5.41) is 4.33. The number of nitrogens with zero attached hydrogens (tertiary/aromatic N) is 1. The number of fused-ring (bicyclic) bond motifs is 2. The number of ether oxygens (including phenoxy) is 2. The fraction of sp³-hybridized carbons (Fsp3) is 0.130. The number of hydrogen-bond donors (Lipinski definition) is 1. The summed E-state index contributed by atoms with van der Waals surface area (Å²) in [6.07, 6.45) is 0.171. The van der Waals surface area contributed by atoms with E-state index in [0.717, 1.165) is 32.0 Å². The molecule has 1 aromatic heterocycles. The third kappa shape index (κ3) is 3.72. The number of thiazole rings is 1. The smallest absolute Gasteiger partial charge is 0.228 e. The van der Waals surface area contributed by atoms with Crippen LogP contribution in [-0.2, 0) is 11.2 Å². The quantitative estimate of drug-likeness (QED) is 0.454. The number of amides is 1. The minimum atomic E-state index is -0.142. The van der Waals surface area contributed by atoms with Crippen molar-refractivity contribution in [3.8, 4) is 22.1 Å². The van der Waals surface area contributed by atoms with Crippen molar-refractivity contribution in [1.29, 1.82) is 0 Å². The Balaban J connectivity index is 1.39. The van der Waals surface area contributed by atoms with Gasteiger partial charge in [-0.15, -0.1) is 11.3 Å². The molecule has 0 spiro atoms. The lowest BCUT2D eigenvalue weighted by atomic mass is 10.1. The molecule has 1 aliphatic heterocycles. The van der Waals surface area contributed by atoms with E-state index in [-0.39, 0.29) is 12.3 Å².